The Hall–Kier alpha value is -2.15. The Morgan fingerprint density at radius 2 is 1.80 bits per heavy atom. The average molecular weight is 414 g/mol. The van der Waals surface area contributed by atoms with Gasteiger partial charge in [0.2, 0.25) is 0 Å². The van der Waals surface area contributed by atoms with Gasteiger partial charge in [0.05, 0.1) is 6.61 Å². The van der Waals surface area contributed by atoms with Crippen molar-refractivity contribution in [3.63, 3.8) is 0 Å². The summed E-state index contributed by atoms with van der Waals surface area (Å²) in [6.07, 6.45) is 2.48. The third kappa shape index (κ3) is 5.50. The lowest BCUT2D eigenvalue weighted by atomic mass is 10.0. The van der Waals surface area contributed by atoms with Crippen LogP contribution in [0.1, 0.15) is 18.4 Å². The molecule has 1 unspecified atom stereocenters. The molecule has 0 spiro atoms. The second kappa shape index (κ2) is 10.2. The minimum Gasteiger partial charge on any atom is -0.491 e. The Morgan fingerprint density at radius 3 is 2.57 bits per heavy atom. The maximum atomic E-state index is 13.2. The van der Waals surface area contributed by atoms with Crippen LogP contribution in [0.25, 0.3) is 0 Å². The van der Waals surface area contributed by atoms with Gasteiger partial charge in [-0.3, -0.25) is 9.80 Å². The van der Waals surface area contributed by atoms with Gasteiger partial charge in [-0.2, -0.15) is 0 Å². The SMILES string of the molecule is OCCOc1cccc(CN2CCCC(N3CCN(c4ccc(F)cc4)CC3)C2)c1. The van der Waals surface area contributed by atoms with E-state index in [9.17, 15) is 4.39 Å². The zero-order valence-electron chi connectivity index (χ0n) is 17.5. The molecule has 2 aliphatic rings. The minimum absolute atomic E-state index is 0.0342. The molecular weight excluding hydrogens is 381 g/mol. The van der Waals surface area contributed by atoms with Crippen LogP contribution in [0.3, 0.4) is 0 Å². The number of rotatable bonds is 7. The number of anilines is 1. The molecule has 0 aromatic heterocycles. The Kier molecular flexibility index (Phi) is 7.20. The first-order valence-corrected chi connectivity index (χ1v) is 11.0. The fourth-order valence-corrected chi connectivity index (χ4v) is 4.63. The molecular formula is C24H32FN3O2. The van der Waals surface area contributed by atoms with Crippen molar-refractivity contribution in [2.45, 2.75) is 25.4 Å². The predicted octanol–water partition coefficient (Wildman–Crippen LogP) is 2.98. The Morgan fingerprint density at radius 1 is 1.00 bits per heavy atom. The van der Waals surface area contributed by atoms with Crippen molar-refractivity contribution < 1.29 is 14.2 Å². The van der Waals surface area contributed by atoms with Crippen molar-refractivity contribution in [2.75, 3.05) is 57.4 Å². The van der Waals surface area contributed by atoms with Crippen molar-refractivity contribution in [1.82, 2.24) is 9.80 Å². The molecule has 30 heavy (non-hydrogen) atoms. The van der Waals surface area contributed by atoms with Crippen LogP contribution < -0.4 is 9.64 Å². The van der Waals surface area contributed by atoms with E-state index in [2.05, 4.69) is 26.8 Å². The molecule has 0 radical (unpaired) electrons. The summed E-state index contributed by atoms with van der Waals surface area (Å²) in [4.78, 5) is 7.53. The van der Waals surface area contributed by atoms with Gasteiger partial charge >= 0.3 is 0 Å². The molecule has 1 N–H and O–H groups in total. The van der Waals surface area contributed by atoms with Crippen LogP contribution in [0.15, 0.2) is 48.5 Å². The van der Waals surface area contributed by atoms with Crippen LogP contribution in [0.5, 0.6) is 5.75 Å². The second-order valence-electron chi connectivity index (χ2n) is 8.25. The molecule has 0 aliphatic carbocycles. The summed E-state index contributed by atoms with van der Waals surface area (Å²) in [7, 11) is 0. The first-order chi connectivity index (χ1) is 14.7. The summed E-state index contributed by atoms with van der Waals surface area (Å²) in [5, 5.41) is 8.95. The number of likely N-dealkylation sites (tertiary alicyclic amines) is 1. The lowest BCUT2D eigenvalue weighted by Gasteiger charge is -2.44. The third-order valence-corrected chi connectivity index (χ3v) is 6.17. The van der Waals surface area contributed by atoms with E-state index in [0.29, 0.717) is 12.6 Å². The highest BCUT2D eigenvalue weighted by Crippen LogP contribution is 2.23. The highest BCUT2D eigenvalue weighted by atomic mass is 19.1. The molecule has 2 fully saturated rings. The molecule has 5 nitrogen and oxygen atoms in total. The van der Waals surface area contributed by atoms with Crippen molar-refractivity contribution in [1.29, 1.82) is 0 Å². The van der Waals surface area contributed by atoms with E-state index in [1.54, 1.807) is 12.1 Å². The van der Waals surface area contributed by atoms with Gasteiger partial charge in [0.1, 0.15) is 18.2 Å². The van der Waals surface area contributed by atoms with Gasteiger partial charge < -0.3 is 14.7 Å². The van der Waals surface area contributed by atoms with Crippen LogP contribution >= 0.6 is 0 Å². The van der Waals surface area contributed by atoms with Crippen LogP contribution in [0, 0.1) is 5.82 Å². The number of hydrogen-bond donors (Lipinski definition) is 1. The van der Waals surface area contributed by atoms with Gasteiger partial charge in [0.25, 0.3) is 0 Å². The summed E-state index contributed by atoms with van der Waals surface area (Å²) in [5.74, 6) is 0.650. The van der Waals surface area contributed by atoms with Crippen LogP contribution in [0.2, 0.25) is 0 Å². The largest absolute Gasteiger partial charge is 0.491 e. The first-order valence-electron chi connectivity index (χ1n) is 11.0. The molecule has 2 heterocycles. The summed E-state index contributed by atoms with van der Waals surface area (Å²) in [6.45, 7) is 7.62. The molecule has 0 bridgehead atoms. The number of benzene rings is 2. The van der Waals surface area contributed by atoms with Gasteiger partial charge in [-0.15, -0.1) is 0 Å². The lowest BCUT2D eigenvalue weighted by molar-refractivity contribution is 0.0887. The van der Waals surface area contributed by atoms with E-state index in [1.165, 1.54) is 18.4 Å². The number of aliphatic hydroxyl groups excluding tert-OH is 1. The highest BCUT2D eigenvalue weighted by molar-refractivity contribution is 5.46. The molecule has 2 aromatic carbocycles. The van der Waals surface area contributed by atoms with E-state index < -0.39 is 0 Å². The van der Waals surface area contributed by atoms with Crippen molar-refractivity contribution in [2.24, 2.45) is 0 Å². The number of piperazine rings is 1. The number of hydrogen-bond acceptors (Lipinski definition) is 5. The van der Waals surface area contributed by atoms with Crippen LogP contribution in [-0.4, -0.2) is 73.4 Å². The predicted molar refractivity (Wildman–Crippen MR) is 118 cm³/mol. The van der Waals surface area contributed by atoms with Crippen LogP contribution in [0.4, 0.5) is 10.1 Å². The summed E-state index contributed by atoms with van der Waals surface area (Å²) >= 11 is 0. The van der Waals surface area contributed by atoms with Crippen LogP contribution in [-0.2, 0) is 6.54 Å². The molecule has 0 amide bonds. The number of piperidine rings is 1. The molecule has 1 atom stereocenters. The van der Waals surface area contributed by atoms with E-state index in [4.69, 9.17) is 9.84 Å². The van der Waals surface area contributed by atoms with Crippen molar-refractivity contribution in [3.8, 4) is 5.75 Å². The second-order valence-corrected chi connectivity index (χ2v) is 8.25. The van der Waals surface area contributed by atoms with Crippen molar-refractivity contribution >= 4 is 5.69 Å². The van der Waals surface area contributed by atoms with E-state index >= 15 is 0 Å². The van der Waals surface area contributed by atoms with Gasteiger partial charge in [-0.1, -0.05) is 12.1 Å². The Labute approximate surface area is 178 Å². The standard InChI is InChI=1S/C24H32FN3O2/c25-21-6-8-22(9-7-21)27-11-13-28(14-12-27)23-4-2-10-26(19-23)18-20-3-1-5-24(17-20)30-16-15-29/h1,3,5-9,17,23,29H,2,4,10-16,18-19H2. The normalized spacial score (nSPS) is 21.0. The number of halogens is 1. The maximum Gasteiger partial charge on any atom is 0.123 e. The van der Waals surface area contributed by atoms with Gasteiger partial charge in [0, 0.05) is 51.0 Å². The first kappa shape index (κ1) is 21.1. The van der Waals surface area contributed by atoms with Gasteiger partial charge in [-0.25, -0.2) is 4.39 Å². The Bertz CT molecular complexity index is 793. The maximum absolute atomic E-state index is 13.2. The topological polar surface area (TPSA) is 39.2 Å². The highest BCUT2D eigenvalue weighted by Gasteiger charge is 2.28. The summed E-state index contributed by atoms with van der Waals surface area (Å²) in [5.41, 5.74) is 2.37. The number of aliphatic hydroxyl groups is 1. The molecule has 2 saturated heterocycles. The summed E-state index contributed by atoms with van der Waals surface area (Å²) in [6, 6.07) is 15.7. The van der Waals surface area contributed by atoms with E-state index in [1.807, 2.05) is 24.3 Å². The van der Waals surface area contributed by atoms with Gasteiger partial charge in [-0.05, 0) is 61.3 Å². The monoisotopic (exact) mass is 413 g/mol. The molecule has 4 rings (SSSR count). The fraction of sp³-hybridized carbons (Fsp3) is 0.500. The van der Waals surface area contributed by atoms with Crippen molar-refractivity contribution in [3.05, 3.63) is 59.9 Å². The molecule has 6 heteroatoms. The lowest BCUT2D eigenvalue weighted by Crippen LogP contribution is -2.55. The number of nitrogens with zero attached hydrogens (tertiary/aromatic N) is 3. The smallest absolute Gasteiger partial charge is 0.123 e. The van der Waals surface area contributed by atoms with E-state index in [0.717, 1.165) is 57.3 Å². The van der Waals surface area contributed by atoms with E-state index in [-0.39, 0.29) is 12.4 Å². The quantitative estimate of drug-likeness (QED) is 0.756. The molecule has 0 saturated carbocycles. The number of ether oxygens (including phenoxy) is 1. The Balaban J connectivity index is 1.29. The zero-order chi connectivity index (χ0) is 20.8. The summed E-state index contributed by atoms with van der Waals surface area (Å²) < 4.78 is 18.7. The molecule has 162 valence electrons. The average Bonchev–Trinajstić information content (AvgIpc) is 2.79. The third-order valence-electron chi connectivity index (χ3n) is 6.17. The molecule has 2 aliphatic heterocycles. The minimum atomic E-state index is -0.176. The zero-order valence-corrected chi connectivity index (χ0v) is 17.5. The molecule has 2 aromatic rings. The fourth-order valence-electron chi connectivity index (χ4n) is 4.63. The van der Waals surface area contributed by atoms with Gasteiger partial charge in [0.15, 0.2) is 0 Å².